The molecule has 4 saturated carbocycles. The van der Waals surface area contributed by atoms with Gasteiger partial charge in [-0.2, -0.15) is 10.2 Å². The highest BCUT2D eigenvalue weighted by Crippen LogP contribution is 2.61. The summed E-state index contributed by atoms with van der Waals surface area (Å²) in [6.07, 6.45) is 2.47. The number of ether oxygens (including phenoxy) is 1. The largest absolute Gasteiger partial charge is 0.573 e. The summed E-state index contributed by atoms with van der Waals surface area (Å²) in [4.78, 5) is 11.1. The normalized spacial score (nSPS) is 28.3. The lowest BCUT2D eigenvalue weighted by Gasteiger charge is -2.62. The van der Waals surface area contributed by atoms with Crippen molar-refractivity contribution >= 4 is 11.8 Å². The topological polar surface area (TPSA) is 106 Å². The summed E-state index contributed by atoms with van der Waals surface area (Å²) in [5.41, 5.74) is 0.761. The Labute approximate surface area is 226 Å². The molecular formula is C28H35F3N6O2. The zero-order valence-electron chi connectivity index (χ0n) is 22.2. The average molecular weight is 545 g/mol. The number of nitriles is 1. The Balaban J connectivity index is 1.27. The van der Waals surface area contributed by atoms with Crippen LogP contribution in [0, 0.1) is 34.5 Å². The van der Waals surface area contributed by atoms with E-state index in [0.717, 1.165) is 19.3 Å². The minimum atomic E-state index is -4.79. The van der Waals surface area contributed by atoms with Crippen molar-refractivity contribution in [1.29, 1.82) is 5.26 Å². The first-order chi connectivity index (χ1) is 18.6. The lowest BCUT2D eigenvalue weighted by Crippen LogP contribution is -2.61. The second kappa shape index (κ2) is 10.8. The molecule has 2 aromatic rings. The van der Waals surface area contributed by atoms with Crippen LogP contribution in [0.5, 0.6) is 5.75 Å². The Bertz CT molecular complexity index is 1200. The number of aromatic nitrogens is 2. The van der Waals surface area contributed by atoms with E-state index in [9.17, 15) is 23.5 Å². The van der Waals surface area contributed by atoms with Gasteiger partial charge in [0.2, 0.25) is 5.95 Å². The molecular weight excluding hydrogens is 509 g/mol. The molecule has 0 saturated heterocycles. The number of aliphatic hydroxyl groups excluding tert-OH is 1. The highest BCUT2D eigenvalue weighted by Gasteiger charge is 2.56. The third-order valence-corrected chi connectivity index (χ3v) is 8.96. The molecule has 0 amide bonds. The van der Waals surface area contributed by atoms with Crippen molar-refractivity contribution in [3.05, 3.63) is 41.6 Å². The number of benzene rings is 1. The van der Waals surface area contributed by atoms with Gasteiger partial charge in [0, 0.05) is 30.7 Å². The second-order valence-corrected chi connectivity index (χ2v) is 11.6. The Morgan fingerprint density at radius 2 is 1.92 bits per heavy atom. The molecule has 210 valence electrons. The SMILES string of the molecule is CC(CO)N(C)[C@@H]1[C@@H]2CC3C[C@H]1C[C@](CNc1nc(NCc4ccccc4OC(F)(F)F)ncc1C#N)(C3)C2. The maximum Gasteiger partial charge on any atom is 0.573 e. The molecule has 4 fully saturated rings. The lowest BCUT2D eigenvalue weighted by molar-refractivity contribution is -0.274. The fraction of sp³-hybridized carbons (Fsp3) is 0.607. The number of para-hydroxylation sites is 1. The van der Waals surface area contributed by atoms with Crippen LogP contribution in [0.3, 0.4) is 0 Å². The van der Waals surface area contributed by atoms with Gasteiger partial charge in [0.05, 0.1) is 12.8 Å². The number of anilines is 2. The zero-order chi connectivity index (χ0) is 27.8. The van der Waals surface area contributed by atoms with Crippen molar-refractivity contribution in [1.82, 2.24) is 14.9 Å². The third-order valence-electron chi connectivity index (χ3n) is 8.96. The first-order valence-corrected chi connectivity index (χ1v) is 13.5. The van der Waals surface area contributed by atoms with Gasteiger partial charge in [0.15, 0.2) is 0 Å². The van der Waals surface area contributed by atoms with Crippen LogP contribution < -0.4 is 15.4 Å². The van der Waals surface area contributed by atoms with Crippen LogP contribution in [0.15, 0.2) is 30.5 Å². The maximum atomic E-state index is 12.8. The van der Waals surface area contributed by atoms with Gasteiger partial charge in [-0.3, -0.25) is 4.90 Å². The molecule has 1 aromatic carbocycles. The molecule has 1 heterocycles. The van der Waals surface area contributed by atoms with Crippen LogP contribution in [-0.4, -0.2) is 58.6 Å². The molecule has 4 bridgehead atoms. The Hall–Kier alpha value is -3.10. The monoisotopic (exact) mass is 544 g/mol. The van der Waals surface area contributed by atoms with E-state index in [4.69, 9.17) is 0 Å². The van der Waals surface area contributed by atoms with E-state index >= 15 is 0 Å². The van der Waals surface area contributed by atoms with Gasteiger partial charge in [0.25, 0.3) is 0 Å². The predicted molar refractivity (Wildman–Crippen MR) is 140 cm³/mol. The van der Waals surface area contributed by atoms with Gasteiger partial charge >= 0.3 is 6.36 Å². The lowest BCUT2D eigenvalue weighted by atomic mass is 9.47. The minimum absolute atomic E-state index is 0.0216. The van der Waals surface area contributed by atoms with Crippen LogP contribution in [0.4, 0.5) is 24.9 Å². The number of rotatable bonds is 10. The molecule has 4 aliphatic rings. The Kier molecular flexibility index (Phi) is 7.62. The van der Waals surface area contributed by atoms with Crippen LogP contribution in [0.25, 0.3) is 0 Å². The van der Waals surface area contributed by atoms with Crippen molar-refractivity contribution in [2.45, 2.75) is 64.0 Å². The second-order valence-electron chi connectivity index (χ2n) is 11.6. The number of nitrogens with zero attached hydrogens (tertiary/aromatic N) is 4. The fourth-order valence-electron chi connectivity index (χ4n) is 7.47. The minimum Gasteiger partial charge on any atom is -0.405 e. The van der Waals surface area contributed by atoms with Gasteiger partial charge in [-0.05, 0) is 75.3 Å². The molecule has 4 aliphatic carbocycles. The summed E-state index contributed by atoms with van der Waals surface area (Å²) in [6.45, 7) is 2.96. The first kappa shape index (κ1) is 27.5. The van der Waals surface area contributed by atoms with Gasteiger partial charge < -0.3 is 20.5 Å². The number of hydrogen-bond acceptors (Lipinski definition) is 8. The number of halogens is 3. The van der Waals surface area contributed by atoms with Crippen molar-refractivity contribution in [2.75, 3.05) is 30.8 Å². The molecule has 1 aromatic heterocycles. The number of nitrogens with one attached hydrogen (secondary N) is 2. The van der Waals surface area contributed by atoms with Gasteiger partial charge in [-0.15, -0.1) is 13.2 Å². The molecule has 6 atom stereocenters. The van der Waals surface area contributed by atoms with Gasteiger partial charge in [-0.1, -0.05) is 18.2 Å². The summed E-state index contributed by atoms with van der Waals surface area (Å²) in [5.74, 6) is 2.24. The van der Waals surface area contributed by atoms with E-state index in [1.54, 1.807) is 6.07 Å². The molecule has 0 spiro atoms. The molecule has 6 rings (SSSR count). The summed E-state index contributed by atoms with van der Waals surface area (Å²) in [6, 6.07) is 8.67. The summed E-state index contributed by atoms with van der Waals surface area (Å²) in [7, 11) is 2.14. The van der Waals surface area contributed by atoms with Crippen LogP contribution in [0.1, 0.15) is 50.2 Å². The molecule has 8 nitrogen and oxygen atoms in total. The maximum absolute atomic E-state index is 12.8. The van der Waals surface area contributed by atoms with Crippen LogP contribution >= 0.6 is 0 Å². The standard InChI is InChI=1S/C28H35F3N6O2/c1-17(15-38)37(2)24-20-7-18-8-21(24)11-27(9-18,10-20)16-35-25-22(12-32)14-34-26(36-25)33-13-19-5-3-4-6-23(19)39-28(29,30)31/h3-6,14,17-18,20-21,24,38H,7-11,13,15-16H2,1-2H3,(H2,33,34,35,36)/t17?,18?,20-,21+,24-,27+. The molecule has 2 unspecified atom stereocenters. The van der Waals surface area contributed by atoms with Crippen molar-refractivity contribution in [2.24, 2.45) is 23.2 Å². The van der Waals surface area contributed by atoms with Crippen molar-refractivity contribution in [3.63, 3.8) is 0 Å². The number of alkyl halides is 3. The first-order valence-electron chi connectivity index (χ1n) is 13.5. The quantitative estimate of drug-likeness (QED) is 0.393. The van der Waals surface area contributed by atoms with Crippen LogP contribution in [-0.2, 0) is 6.54 Å². The number of hydrogen-bond donors (Lipinski definition) is 3. The van der Waals surface area contributed by atoms with E-state index in [1.807, 2.05) is 0 Å². The van der Waals surface area contributed by atoms with E-state index < -0.39 is 6.36 Å². The summed E-state index contributed by atoms with van der Waals surface area (Å²) in [5, 5.41) is 25.8. The van der Waals surface area contributed by atoms with Gasteiger partial charge in [0.1, 0.15) is 23.2 Å². The molecule has 3 N–H and O–H groups in total. The summed E-state index contributed by atoms with van der Waals surface area (Å²) < 4.78 is 42.4. The molecule has 39 heavy (non-hydrogen) atoms. The Morgan fingerprint density at radius 3 is 2.59 bits per heavy atom. The Morgan fingerprint density at radius 1 is 1.21 bits per heavy atom. The molecule has 0 radical (unpaired) electrons. The predicted octanol–water partition coefficient (Wildman–Crippen LogP) is 4.78. The highest BCUT2D eigenvalue weighted by atomic mass is 19.4. The smallest absolute Gasteiger partial charge is 0.405 e. The van der Waals surface area contributed by atoms with Crippen molar-refractivity contribution < 1.29 is 23.0 Å². The van der Waals surface area contributed by atoms with Gasteiger partial charge in [-0.25, -0.2) is 4.98 Å². The number of likely N-dealkylation sites (N-methyl/N-ethyl adjacent to an activating group) is 1. The zero-order valence-corrected chi connectivity index (χ0v) is 22.2. The van der Waals surface area contributed by atoms with Crippen LogP contribution in [0.2, 0.25) is 0 Å². The van der Waals surface area contributed by atoms with E-state index in [1.165, 1.54) is 37.2 Å². The average Bonchev–Trinajstić information content (AvgIpc) is 2.89. The summed E-state index contributed by atoms with van der Waals surface area (Å²) >= 11 is 0. The molecule has 11 heteroatoms. The number of aliphatic hydroxyl groups is 1. The van der Waals surface area contributed by atoms with E-state index in [2.05, 4.69) is 50.3 Å². The van der Waals surface area contributed by atoms with Crippen molar-refractivity contribution in [3.8, 4) is 11.8 Å². The highest BCUT2D eigenvalue weighted by molar-refractivity contribution is 5.53. The molecule has 0 aliphatic heterocycles. The third kappa shape index (κ3) is 5.92. The van der Waals surface area contributed by atoms with E-state index in [-0.39, 0.29) is 36.3 Å². The van der Waals surface area contributed by atoms with E-state index in [0.29, 0.717) is 47.3 Å². The fourth-order valence-corrected chi connectivity index (χ4v) is 7.47.